The van der Waals surface area contributed by atoms with Crippen molar-refractivity contribution < 1.29 is 15.0 Å². The van der Waals surface area contributed by atoms with E-state index in [-0.39, 0.29) is 11.5 Å². The maximum atomic E-state index is 10.6. The number of hydrogen-bond acceptors (Lipinski definition) is 3. The average molecular weight is 320 g/mol. The van der Waals surface area contributed by atoms with E-state index in [1.54, 1.807) is 19.1 Å². The largest absolute Gasteiger partial charge is 0.508 e. The number of benzene rings is 1. The third-order valence-corrected chi connectivity index (χ3v) is 3.55. The highest BCUT2D eigenvalue weighted by Crippen LogP contribution is 2.15. The maximum absolute atomic E-state index is 10.6. The minimum absolute atomic E-state index is 0.197. The van der Waals surface area contributed by atoms with Crippen molar-refractivity contribution in [2.75, 3.05) is 0 Å². The molecule has 1 aromatic carbocycles. The van der Waals surface area contributed by atoms with Crippen LogP contribution < -0.4 is 0 Å². The SMILES string of the molecule is C=CC(C)CCCC(C)(C)O.CC(=O)CCc1ccc(O)cc1. The first-order valence-corrected chi connectivity index (χ1v) is 8.26. The normalized spacial score (nSPS) is 12.0. The van der Waals surface area contributed by atoms with Gasteiger partial charge in [0.2, 0.25) is 0 Å². The molecule has 0 saturated carbocycles. The lowest BCUT2D eigenvalue weighted by molar-refractivity contribution is -0.116. The van der Waals surface area contributed by atoms with Crippen LogP contribution in [0.25, 0.3) is 0 Å². The van der Waals surface area contributed by atoms with Crippen molar-refractivity contribution in [2.24, 2.45) is 5.92 Å². The Morgan fingerprint density at radius 2 is 1.87 bits per heavy atom. The van der Waals surface area contributed by atoms with Crippen molar-refractivity contribution in [3.8, 4) is 5.75 Å². The molecule has 0 aliphatic heterocycles. The number of hydrogen-bond donors (Lipinski definition) is 2. The summed E-state index contributed by atoms with van der Waals surface area (Å²) in [6.07, 6.45) is 6.39. The Balaban J connectivity index is 0.000000423. The van der Waals surface area contributed by atoms with Gasteiger partial charge in [0.15, 0.2) is 0 Å². The van der Waals surface area contributed by atoms with Crippen molar-refractivity contribution in [2.45, 2.75) is 65.4 Å². The molecule has 0 spiro atoms. The first-order chi connectivity index (χ1) is 10.6. The zero-order valence-corrected chi connectivity index (χ0v) is 15.0. The third-order valence-electron chi connectivity index (χ3n) is 3.55. The van der Waals surface area contributed by atoms with Crippen LogP contribution in [0.3, 0.4) is 0 Å². The van der Waals surface area contributed by atoms with Crippen LogP contribution in [0.2, 0.25) is 0 Å². The van der Waals surface area contributed by atoms with Crippen LogP contribution in [0, 0.1) is 5.92 Å². The van der Waals surface area contributed by atoms with E-state index in [0.29, 0.717) is 12.3 Å². The second-order valence-electron chi connectivity index (χ2n) is 6.79. The number of allylic oxidation sites excluding steroid dienone is 1. The van der Waals surface area contributed by atoms with E-state index in [9.17, 15) is 9.90 Å². The molecule has 0 amide bonds. The molecule has 1 aromatic rings. The van der Waals surface area contributed by atoms with Gasteiger partial charge in [-0.1, -0.05) is 31.6 Å². The van der Waals surface area contributed by atoms with Gasteiger partial charge in [-0.2, -0.15) is 0 Å². The van der Waals surface area contributed by atoms with Gasteiger partial charge in [0.05, 0.1) is 5.60 Å². The van der Waals surface area contributed by atoms with Gasteiger partial charge in [-0.05, 0) is 63.6 Å². The van der Waals surface area contributed by atoms with Gasteiger partial charge in [0, 0.05) is 6.42 Å². The van der Waals surface area contributed by atoms with Crippen molar-refractivity contribution in [1.82, 2.24) is 0 Å². The summed E-state index contributed by atoms with van der Waals surface area (Å²) >= 11 is 0. The summed E-state index contributed by atoms with van der Waals surface area (Å²) in [6, 6.07) is 6.93. The highest BCUT2D eigenvalue weighted by molar-refractivity contribution is 5.75. The lowest BCUT2D eigenvalue weighted by atomic mass is 9.97. The van der Waals surface area contributed by atoms with Gasteiger partial charge >= 0.3 is 0 Å². The number of phenolic OH excluding ortho intramolecular Hbond substituents is 1. The van der Waals surface area contributed by atoms with Crippen LogP contribution in [0.15, 0.2) is 36.9 Å². The van der Waals surface area contributed by atoms with E-state index < -0.39 is 5.60 Å². The van der Waals surface area contributed by atoms with Crippen LogP contribution in [0.1, 0.15) is 58.9 Å². The summed E-state index contributed by atoms with van der Waals surface area (Å²) in [5.74, 6) is 1.04. The molecule has 0 radical (unpaired) electrons. The first-order valence-electron chi connectivity index (χ1n) is 8.26. The summed E-state index contributed by atoms with van der Waals surface area (Å²) in [7, 11) is 0. The summed E-state index contributed by atoms with van der Waals surface area (Å²) in [5.41, 5.74) is 0.587. The van der Waals surface area contributed by atoms with Gasteiger partial charge in [-0.3, -0.25) is 0 Å². The molecule has 1 unspecified atom stereocenters. The van der Waals surface area contributed by atoms with Gasteiger partial charge in [-0.25, -0.2) is 0 Å². The van der Waals surface area contributed by atoms with Crippen LogP contribution in [0.4, 0.5) is 0 Å². The number of carbonyl (C=O) groups excluding carboxylic acids is 1. The number of carbonyl (C=O) groups is 1. The third kappa shape index (κ3) is 13.8. The summed E-state index contributed by atoms with van der Waals surface area (Å²) in [6.45, 7) is 11.2. The number of ketones is 1. The van der Waals surface area contributed by atoms with E-state index >= 15 is 0 Å². The Hall–Kier alpha value is -1.61. The topological polar surface area (TPSA) is 57.5 Å². The van der Waals surface area contributed by atoms with E-state index in [1.807, 2.05) is 32.1 Å². The molecule has 0 aliphatic carbocycles. The number of phenols is 1. The van der Waals surface area contributed by atoms with Gasteiger partial charge in [-0.15, -0.1) is 6.58 Å². The molecule has 3 nitrogen and oxygen atoms in total. The molecular formula is C20H32O3. The Labute approximate surface area is 141 Å². The first kappa shape index (κ1) is 21.4. The van der Waals surface area contributed by atoms with Crippen LogP contribution in [-0.2, 0) is 11.2 Å². The lowest BCUT2D eigenvalue weighted by Crippen LogP contribution is -2.18. The Kier molecular flexibility index (Phi) is 10.2. The van der Waals surface area contributed by atoms with Crippen molar-refractivity contribution in [3.63, 3.8) is 0 Å². The van der Waals surface area contributed by atoms with Crippen molar-refractivity contribution in [1.29, 1.82) is 0 Å². The van der Waals surface area contributed by atoms with Crippen LogP contribution in [0.5, 0.6) is 5.75 Å². The maximum Gasteiger partial charge on any atom is 0.130 e. The smallest absolute Gasteiger partial charge is 0.130 e. The summed E-state index contributed by atoms with van der Waals surface area (Å²) < 4.78 is 0. The van der Waals surface area contributed by atoms with E-state index in [0.717, 1.165) is 31.2 Å². The summed E-state index contributed by atoms with van der Waals surface area (Å²) in [5, 5.41) is 18.3. The molecule has 2 N–H and O–H groups in total. The number of Topliss-reactive ketones (excluding diaryl/α,β-unsaturated/α-hetero) is 1. The Morgan fingerprint density at radius 3 is 2.30 bits per heavy atom. The van der Waals surface area contributed by atoms with Crippen molar-refractivity contribution >= 4 is 5.78 Å². The fourth-order valence-electron chi connectivity index (χ4n) is 1.96. The second-order valence-corrected chi connectivity index (χ2v) is 6.79. The number of aliphatic hydroxyl groups is 1. The highest BCUT2D eigenvalue weighted by atomic mass is 16.3. The predicted molar refractivity (Wildman–Crippen MR) is 96.6 cm³/mol. The average Bonchev–Trinajstić information content (AvgIpc) is 2.45. The highest BCUT2D eigenvalue weighted by Gasteiger charge is 2.11. The number of rotatable bonds is 8. The Morgan fingerprint density at radius 1 is 1.30 bits per heavy atom. The summed E-state index contributed by atoms with van der Waals surface area (Å²) in [4.78, 5) is 10.6. The fourth-order valence-corrected chi connectivity index (χ4v) is 1.96. The molecule has 0 aliphatic rings. The molecular weight excluding hydrogens is 288 g/mol. The molecule has 0 fully saturated rings. The molecule has 0 bridgehead atoms. The second kappa shape index (κ2) is 11.0. The molecule has 0 heterocycles. The molecule has 3 heteroatoms. The van der Waals surface area contributed by atoms with Crippen molar-refractivity contribution in [3.05, 3.63) is 42.5 Å². The van der Waals surface area contributed by atoms with E-state index in [4.69, 9.17) is 5.11 Å². The number of aryl methyl sites for hydroxylation is 1. The fraction of sp³-hybridized carbons (Fsp3) is 0.550. The standard InChI is InChI=1S/C10H12O2.C10H20O/c1-8(11)2-3-9-4-6-10(12)7-5-9;1-5-9(2)7-6-8-10(3,4)11/h4-7,12H,2-3H2,1H3;5,9,11H,1,6-8H2,2-4H3. The Bertz CT molecular complexity index is 455. The minimum Gasteiger partial charge on any atom is -0.508 e. The quantitative estimate of drug-likeness (QED) is 0.685. The van der Waals surface area contributed by atoms with Gasteiger partial charge in [0.1, 0.15) is 11.5 Å². The van der Waals surface area contributed by atoms with Crippen LogP contribution in [-0.4, -0.2) is 21.6 Å². The van der Waals surface area contributed by atoms with E-state index in [2.05, 4.69) is 13.5 Å². The molecule has 1 atom stereocenters. The van der Waals surface area contributed by atoms with Crippen LogP contribution >= 0.6 is 0 Å². The lowest BCUT2D eigenvalue weighted by Gasteiger charge is -2.17. The molecule has 0 saturated heterocycles. The molecule has 23 heavy (non-hydrogen) atoms. The monoisotopic (exact) mass is 320 g/mol. The molecule has 0 aromatic heterocycles. The predicted octanol–water partition coefficient (Wildman–Crippen LogP) is 4.66. The zero-order chi connectivity index (χ0) is 17.9. The van der Waals surface area contributed by atoms with E-state index in [1.165, 1.54) is 0 Å². The molecule has 130 valence electrons. The number of aromatic hydroxyl groups is 1. The van der Waals surface area contributed by atoms with Gasteiger partial charge in [0.25, 0.3) is 0 Å². The minimum atomic E-state index is -0.499. The molecule has 1 rings (SSSR count). The zero-order valence-electron chi connectivity index (χ0n) is 15.0. The van der Waals surface area contributed by atoms with Gasteiger partial charge < -0.3 is 15.0 Å².